The number of amides is 1. The molecule has 1 rings (SSSR count). The summed E-state index contributed by atoms with van der Waals surface area (Å²) < 4.78 is 22.9. The maximum Gasteiger partial charge on any atom is 0.243 e. The number of nitrogens with zero attached hydrogens (tertiary/aromatic N) is 1. The van der Waals surface area contributed by atoms with Gasteiger partial charge >= 0.3 is 0 Å². The van der Waals surface area contributed by atoms with E-state index in [4.69, 9.17) is 0 Å². The molecule has 0 bridgehead atoms. The zero-order chi connectivity index (χ0) is 14.0. The lowest BCUT2D eigenvalue weighted by atomic mass is 9.95. The standard InChI is InChI=1S/C12H24N2O3S/c1-10(2)9-14(3)11(15)12(18(4,16)17)5-7-13-8-6-12/h10,13H,5-9H2,1-4H3. The van der Waals surface area contributed by atoms with Crippen molar-refractivity contribution in [1.29, 1.82) is 0 Å². The van der Waals surface area contributed by atoms with Gasteiger partial charge in [0.15, 0.2) is 14.6 Å². The predicted molar refractivity (Wildman–Crippen MR) is 72.2 cm³/mol. The number of sulfone groups is 1. The number of piperidine rings is 1. The van der Waals surface area contributed by atoms with E-state index < -0.39 is 14.6 Å². The lowest BCUT2D eigenvalue weighted by Crippen LogP contribution is -2.57. The fourth-order valence-corrected chi connectivity index (χ4v) is 3.97. The van der Waals surface area contributed by atoms with Crippen molar-refractivity contribution in [2.45, 2.75) is 31.4 Å². The second-order valence-electron chi connectivity index (χ2n) is 5.60. The molecule has 6 heteroatoms. The molecule has 18 heavy (non-hydrogen) atoms. The van der Waals surface area contributed by atoms with Gasteiger partial charge in [0.2, 0.25) is 5.91 Å². The van der Waals surface area contributed by atoms with Gasteiger partial charge in [0.25, 0.3) is 0 Å². The van der Waals surface area contributed by atoms with Crippen molar-refractivity contribution < 1.29 is 13.2 Å². The molecule has 5 nitrogen and oxygen atoms in total. The molecular formula is C12H24N2O3S. The number of carbonyl (C=O) groups excluding carboxylic acids is 1. The van der Waals surface area contributed by atoms with E-state index in [2.05, 4.69) is 5.32 Å². The van der Waals surface area contributed by atoms with Gasteiger partial charge in [-0.3, -0.25) is 4.79 Å². The van der Waals surface area contributed by atoms with Crippen LogP contribution in [0, 0.1) is 5.92 Å². The molecule has 0 aliphatic carbocycles. The molecule has 0 radical (unpaired) electrons. The summed E-state index contributed by atoms with van der Waals surface area (Å²) in [5.41, 5.74) is 0. The van der Waals surface area contributed by atoms with Crippen LogP contribution in [0.3, 0.4) is 0 Å². The van der Waals surface area contributed by atoms with E-state index in [-0.39, 0.29) is 5.91 Å². The molecule has 0 saturated carbocycles. The maximum absolute atomic E-state index is 12.5. The monoisotopic (exact) mass is 276 g/mol. The minimum Gasteiger partial charge on any atom is -0.344 e. The fraction of sp³-hybridized carbons (Fsp3) is 0.917. The van der Waals surface area contributed by atoms with E-state index in [1.807, 2.05) is 13.8 Å². The summed E-state index contributed by atoms with van der Waals surface area (Å²) in [5, 5.41) is 3.11. The Balaban J connectivity index is 3.01. The lowest BCUT2D eigenvalue weighted by molar-refractivity contribution is -0.133. The second kappa shape index (κ2) is 5.57. The number of hydrogen-bond acceptors (Lipinski definition) is 4. The van der Waals surface area contributed by atoms with Crippen LogP contribution in [0.4, 0.5) is 0 Å². The van der Waals surface area contributed by atoms with E-state index in [1.54, 1.807) is 11.9 Å². The minimum absolute atomic E-state index is 0.250. The summed E-state index contributed by atoms with van der Waals surface area (Å²) in [4.78, 5) is 14.1. The maximum atomic E-state index is 12.5. The summed E-state index contributed by atoms with van der Waals surface area (Å²) >= 11 is 0. The summed E-state index contributed by atoms with van der Waals surface area (Å²) in [7, 11) is -1.71. The second-order valence-corrected chi connectivity index (χ2v) is 7.92. The Bertz CT molecular complexity index is 398. The van der Waals surface area contributed by atoms with E-state index in [0.717, 1.165) is 0 Å². The van der Waals surface area contributed by atoms with Gasteiger partial charge in [-0.2, -0.15) is 0 Å². The molecule has 106 valence electrons. The number of hydrogen-bond donors (Lipinski definition) is 1. The SMILES string of the molecule is CC(C)CN(C)C(=O)C1(S(C)(=O)=O)CCNCC1. The van der Waals surface area contributed by atoms with Crippen molar-refractivity contribution in [3.05, 3.63) is 0 Å². The molecule has 1 amide bonds. The predicted octanol–water partition coefficient (Wildman–Crippen LogP) is 0.268. The van der Waals surface area contributed by atoms with Crippen LogP contribution in [0.5, 0.6) is 0 Å². The zero-order valence-electron chi connectivity index (χ0n) is 11.7. The first-order valence-corrected chi connectivity index (χ1v) is 8.26. The Morgan fingerprint density at radius 3 is 2.22 bits per heavy atom. The highest BCUT2D eigenvalue weighted by Gasteiger charge is 2.49. The van der Waals surface area contributed by atoms with Crippen LogP contribution in [0.25, 0.3) is 0 Å². The Labute approximate surface area is 110 Å². The van der Waals surface area contributed by atoms with Crippen LogP contribution in [0.2, 0.25) is 0 Å². The number of nitrogens with one attached hydrogen (secondary N) is 1. The molecule has 0 aromatic carbocycles. The summed E-state index contributed by atoms with van der Waals surface area (Å²) in [6.07, 6.45) is 1.92. The van der Waals surface area contributed by atoms with E-state index in [0.29, 0.717) is 38.4 Å². The quantitative estimate of drug-likeness (QED) is 0.800. The van der Waals surface area contributed by atoms with Crippen molar-refractivity contribution in [3.63, 3.8) is 0 Å². The summed E-state index contributed by atoms with van der Waals surface area (Å²) in [5.74, 6) is 0.0810. The molecule has 0 aromatic heterocycles. The highest BCUT2D eigenvalue weighted by Crippen LogP contribution is 2.29. The normalized spacial score (nSPS) is 19.8. The molecule has 1 saturated heterocycles. The molecule has 1 aliphatic heterocycles. The van der Waals surface area contributed by atoms with Crippen LogP contribution >= 0.6 is 0 Å². The number of carbonyl (C=O) groups is 1. The minimum atomic E-state index is -3.40. The molecule has 1 N–H and O–H groups in total. The molecule has 0 spiro atoms. The van der Waals surface area contributed by atoms with Gasteiger partial charge in [-0.15, -0.1) is 0 Å². The van der Waals surface area contributed by atoms with Gasteiger partial charge in [0, 0.05) is 19.8 Å². The van der Waals surface area contributed by atoms with Crippen LogP contribution in [-0.4, -0.2) is 56.9 Å². The molecule has 1 aliphatic rings. The van der Waals surface area contributed by atoms with E-state index in [1.165, 1.54) is 6.26 Å². The van der Waals surface area contributed by atoms with Crippen LogP contribution in [-0.2, 0) is 14.6 Å². The third-order valence-electron chi connectivity index (χ3n) is 3.50. The number of rotatable bonds is 4. The van der Waals surface area contributed by atoms with Crippen molar-refractivity contribution in [2.75, 3.05) is 32.9 Å². The molecule has 0 atom stereocenters. The Morgan fingerprint density at radius 2 is 1.83 bits per heavy atom. The zero-order valence-corrected chi connectivity index (χ0v) is 12.5. The first-order valence-electron chi connectivity index (χ1n) is 6.36. The third kappa shape index (κ3) is 3.03. The van der Waals surface area contributed by atoms with Crippen molar-refractivity contribution in [2.24, 2.45) is 5.92 Å². The van der Waals surface area contributed by atoms with Crippen molar-refractivity contribution >= 4 is 15.7 Å². The summed E-state index contributed by atoms with van der Waals surface area (Å²) in [6, 6.07) is 0. The van der Waals surface area contributed by atoms with Crippen LogP contribution in [0.15, 0.2) is 0 Å². The Hall–Kier alpha value is -0.620. The van der Waals surface area contributed by atoms with Gasteiger partial charge in [-0.1, -0.05) is 13.8 Å². The van der Waals surface area contributed by atoms with Crippen molar-refractivity contribution in [3.8, 4) is 0 Å². The topological polar surface area (TPSA) is 66.5 Å². The van der Waals surface area contributed by atoms with Gasteiger partial charge in [-0.05, 0) is 31.8 Å². The first kappa shape index (κ1) is 15.4. The first-order chi connectivity index (χ1) is 8.21. The molecule has 1 heterocycles. The fourth-order valence-electron chi connectivity index (χ4n) is 2.55. The van der Waals surface area contributed by atoms with E-state index in [9.17, 15) is 13.2 Å². The third-order valence-corrected chi connectivity index (χ3v) is 5.50. The smallest absolute Gasteiger partial charge is 0.243 e. The van der Waals surface area contributed by atoms with Crippen LogP contribution in [0.1, 0.15) is 26.7 Å². The average Bonchev–Trinajstić information content (AvgIpc) is 2.26. The molecule has 0 unspecified atom stereocenters. The van der Waals surface area contributed by atoms with Gasteiger partial charge in [0.1, 0.15) is 0 Å². The largest absolute Gasteiger partial charge is 0.344 e. The Morgan fingerprint density at radius 1 is 1.33 bits per heavy atom. The molecule has 1 fully saturated rings. The van der Waals surface area contributed by atoms with Crippen LogP contribution < -0.4 is 5.32 Å². The van der Waals surface area contributed by atoms with E-state index >= 15 is 0 Å². The van der Waals surface area contributed by atoms with Gasteiger partial charge in [-0.25, -0.2) is 8.42 Å². The van der Waals surface area contributed by atoms with Gasteiger partial charge in [0.05, 0.1) is 0 Å². The Kier molecular flexibility index (Phi) is 4.78. The highest BCUT2D eigenvalue weighted by atomic mass is 32.2. The average molecular weight is 276 g/mol. The summed E-state index contributed by atoms with van der Waals surface area (Å²) in [6.45, 7) is 5.77. The van der Waals surface area contributed by atoms with Gasteiger partial charge < -0.3 is 10.2 Å². The highest BCUT2D eigenvalue weighted by molar-refractivity contribution is 7.92. The molecule has 0 aromatic rings. The molecular weight excluding hydrogens is 252 g/mol. The lowest BCUT2D eigenvalue weighted by Gasteiger charge is -2.37. The van der Waals surface area contributed by atoms with Crippen molar-refractivity contribution in [1.82, 2.24) is 10.2 Å².